The summed E-state index contributed by atoms with van der Waals surface area (Å²) < 4.78 is 12.2. The third kappa shape index (κ3) is 5.76. The zero-order valence-corrected chi connectivity index (χ0v) is 18.1. The molecule has 2 atom stereocenters. The SMILES string of the molecule is C[C@@H](C[C@H](C)Oc1ccc(-c2ccccc2)cc1)Oc1ccc(-c2ccccc2)cc1. The van der Waals surface area contributed by atoms with Crippen LogP contribution in [0.4, 0.5) is 0 Å². The van der Waals surface area contributed by atoms with Crippen LogP contribution in [0.5, 0.6) is 11.5 Å². The zero-order valence-electron chi connectivity index (χ0n) is 18.1. The maximum Gasteiger partial charge on any atom is 0.119 e. The minimum Gasteiger partial charge on any atom is -0.491 e. The second-order valence-electron chi connectivity index (χ2n) is 7.87. The van der Waals surface area contributed by atoms with Gasteiger partial charge in [0.25, 0.3) is 0 Å². The minimum absolute atomic E-state index is 0.0566. The minimum atomic E-state index is 0.0566. The normalized spacial score (nSPS) is 12.7. The number of ether oxygens (including phenoxy) is 2. The Bertz CT molecular complexity index is 966. The maximum absolute atomic E-state index is 6.11. The van der Waals surface area contributed by atoms with Gasteiger partial charge < -0.3 is 9.47 Å². The molecular formula is C29H28O2. The van der Waals surface area contributed by atoms with Crippen LogP contribution in [0.1, 0.15) is 20.3 Å². The first-order valence-electron chi connectivity index (χ1n) is 10.8. The molecule has 2 heteroatoms. The molecule has 0 amide bonds. The lowest BCUT2D eigenvalue weighted by Crippen LogP contribution is -2.22. The fraction of sp³-hybridized carbons (Fsp3) is 0.172. The Balaban J connectivity index is 1.29. The van der Waals surface area contributed by atoms with Crippen molar-refractivity contribution < 1.29 is 9.47 Å². The van der Waals surface area contributed by atoms with Crippen molar-refractivity contribution in [1.29, 1.82) is 0 Å². The van der Waals surface area contributed by atoms with Crippen molar-refractivity contribution in [3.8, 4) is 33.8 Å². The lowest BCUT2D eigenvalue weighted by Gasteiger charge is -2.20. The van der Waals surface area contributed by atoms with E-state index in [-0.39, 0.29) is 12.2 Å². The predicted octanol–water partition coefficient (Wildman–Crippen LogP) is 7.65. The second kappa shape index (κ2) is 9.99. The number of rotatable bonds is 8. The molecule has 31 heavy (non-hydrogen) atoms. The average molecular weight is 409 g/mol. The molecule has 0 saturated heterocycles. The first-order chi connectivity index (χ1) is 15.2. The molecule has 0 aliphatic carbocycles. The van der Waals surface area contributed by atoms with Crippen LogP contribution < -0.4 is 9.47 Å². The third-order valence-electron chi connectivity index (χ3n) is 5.26. The van der Waals surface area contributed by atoms with Crippen molar-refractivity contribution in [1.82, 2.24) is 0 Å². The summed E-state index contributed by atoms with van der Waals surface area (Å²) in [7, 11) is 0. The van der Waals surface area contributed by atoms with Crippen molar-refractivity contribution in [2.45, 2.75) is 32.5 Å². The van der Waals surface area contributed by atoms with Gasteiger partial charge in [-0.15, -0.1) is 0 Å². The summed E-state index contributed by atoms with van der Waals surface area (Å²) in [5, 5.41) is 0. The van der Waals surface area contributed by atoms with Crippen molar-refractivity contribution >= 4 is 0 Å². The third-order valence-corrected chi connectivity index (χ3v) is 5.26. The second-order valence-corrected chi connectivity index (χ2v) is 7.87. The number of benzene rings is 4. The standard InChI is InChI=1S/C29H28O2/c1-22(30-28-17-13-26(14-18-28)24-9-5-3-6-10-24)21-23(2)31-29-19-15-27(16-20-29)25-11-7-4-8-12-25/h3-20,22-23H,21H2,1-2H3/t22-,23-/m0/s1. The largest absolute Gasteiger partial charge is 0.491 e. The van der Waals surface area contributed by atoms with Crippen molar-refractivity contribution in [3.05, 3.63) is 109 Å². The van der Waals surface area contributed by atoms with Gasteiger partial charge in [0, 0.05) is 6.42 Å². The van der Waals surface area contributed by atoms with Crippen LogP contribution in [0.3, 0.4) is 0 Å². The number of hydrogen-bond acceptors (Lipinski definition) is 2. The highest BCUT2D eigenvalue weighted by Gasteiger charge is 2.12. The molecule has 0 aliphatic heterocycles. The van der Waals surface area contributed by atoms with Gasteiger partial charge in [0.2, 0.25) is 0 Å². The number of hydrogen-bond donors (Lipinski definition) is 0. The lowest BCUT2D eigenvalue weighted by molar-refractivity contribution is 0.131. The van der Waals surface area contributed by atoms with Crippen molar-refractivity contribution in [2.75, 3.05) is 0 Å². The predicted molar refractivity (Wildman–Crippen MR) is 129 cm³/mol. The summed E-state index contributed by atoms with van der Waals surface area (Å²) in [6, 6.07) is 37.3. The van der Waals surface area contributed by atoms with Gasteiger partial charge in [0.15, 0.2) is 0 Å². The van der Waals surface area contributed by atoms with Gasteiger partial charge in [-0.1, -0.05) is 84.9 Å². The van der Waals surface area contributed by atoms with E-state index in [2.05, 4.69) is 86.6 Å². The van der Waals surface area contributed by atoms with E-state index in [0.29, 0.717) is 0 Å². The van der Waals surface area contributed by atoms with E-state index in [9.17, 15) is 0 Å². The van der Waals surface area contributed by atoms with Crippen molar-refractivity contribution in [2.24, 2.45) is 0 Å². The van der Waals surface area contributed by atoms with Crippen LogP contribution in [-0.4, -0.2) is 12.2 Å². The van der Waals surface area contributed by atoms with Gasteiger partial charge in [-0.3, -0.25) is 0 Å². The first-order valence-corrected chi connectivity index (χ1v) is 10.8. The van der Waals surface area contributed by atoms with E-state index in [4.69, 9.17) is 9.47 Å². The summed E-state index contributed by atoms with van der Waals surface area (Å²) in [5.41, 5.74) is 4.80. The Labute approximate surface area is 185 Å². The fourth-order valence-corrected chi connectivity index (χ4v) is 3.74. The summed E-state index contributed by atoms with van der Waals surface area (Å²) in [6.45, 7) is 4.17. The summed E-state index contributed by atoms with van der Waals surface area (Å²) in [5.74, 6) is 1.76. The molecule has 0 spiro atoms. The Morgan fingerprint density at radius 2 is 0.774 bits per heavy atom. The van der Waals surface area contributed by atoms with E-state index in [0.717, 1.165) is 17.9 Å². The van der Waals surface area contributed by atoms with Crippen LogP contribution in [0.15, 0.2) is 109 Å². The molecule has 0 aliphatic rings. The molecule has 0 heterocycles. The van der Waals surface area contributed by atoms with E-state index >= 15 is 0 Å². The van der Waals surface area contributed by atoms with Gasteiger partial charge in [0.1, 0.15) is 11.5 Å². The Hall–Kier alpha value is -3.52. The highest BCUT2D eigenvalue weighted by Crippen LogP contribution is 2.25. The van der Waals surface area contributed by atoms with Crippen LogP contribution in [-0.2, 0) is 0 Å². The lowest BCUT2D eigenvalue weighted by atomic mass is 10.1. The Kier molecular flexibility index (Phi) is 6.68. The first kappa shape index (κ1) is 20.7. The molecule has 0 N–H and O–H groups in total. The fourth-order valence-electron chi connectivity index (χ4n) is 3.74. The molecule has 0 aromatic heterocycles. The molecule has 0 saturated carbocycles. The summed E-state index contributed by atoms with van der Waals surface area (Å²) in [4.78, 5) is 0. The molecule has 4 aromatic carbocycles. The van der Waals surface area contributed by atoms with Gasteiger partial charge in [-0.05, 0) is 60.4 Å². The topological polar surface area (TPSA) is 18.5 Å². The van der Waals surface area contributed by atoms with Gasteiger partial charge >= 0.3 is 0 Å². The van der Waals surface area contributed by atoms with Crippen LogP contribution in [0.25, 0.3) is 22.3 Å². The molecular weight excluding hydrogens is 380 g/mol. The quantitative estimate of drug-likeness (QED) is 0.298. The molecule has 2 nitrogen and oxygen atoms in total. The van der Waals surface area contributed by atoms with E-state index in [1.54, 1.807) is 0 Å². The zero-order chi connectivity index (χ0) is 21.5. The van der Waals surface area contributed by atoms with Crippen LogP contribution >= 0.6 is 0 Å². The van der Waals surface area contributed by atoms with Gasteiger partial charge in [-0.2, -0.15) is 0 Å². The van der Waals surface area contributed by atoms with Gasteiger partial charge in [-0.25, -0.2) is 0 Å². The monoisotopic (exact) mass is 408 g/mol. The van der Waals surface area contributed by atoms with Gasteiger partial charge in [0.05, 0.1) is 12.2 Å². The highest BCUT2D eigenvalue weighted by atomic mass is 16.5. The van der Waals surface area contributed by atoms with Crippen molar-refractivity contribution in [3.63, 3.8) is 0 Å². The van der Waals surface area contributed by atoms with E-state index < -0.39 is 0 Å². The molecule has 0 fully saturated rings. The van der Waals surface area contributed by atoms with E-state index in [1.807, 2.05) is 36.4 Å². The maximum atomic E-state index is 6.11. The molecule has 4 aromatic rings. The van der Waals surface area contributed by atoms with Crippen LogP contribution in [0, 0.1) is 0 Å². The molecule has 0 unspecified atom stereocenters. The average Bonchev–Trinajstić information content (AvgIpc) is 2.81. The summed E-state index contributed by atoms with van der Waals surface area (Å²) in [6.07, 6.45) is 0.920. The van der Waals surface area contributed by atoms with Crippen LogP contribution in [0.2, 0.25) is 0 Å². The summed E-state index contributed by atoms with van der Waals surface area (Å²) >= 11 is 0. The smallest absolute Gasteiger partial charge is 0.119 e. The Morgan fingerprint density at radius 1 is 0.452 bits per heavy atom. The molecule has 4 rings (SSSR count). The Morgan fingerprint density at radius 3 is 1.13 bits per heavy atom. The molecule has 156 valence electrons. The molecule has 0 radical (unpaired) electrons. The van der Waals surface area contributed by atoms with E-state index in [1.165, 1.54) is 22.3 Å². The highest BCUT2D eigenvalue weighted by molar-refractivity contribution is 5.64. The molecule has 0 bridgehead atoms.